The third-order valence-corrected chi connectivity index (χ3v) is 4.30. The molecule has 1 aliphatic carbocycles. The smallest absolute Gasteiger partial charge is 0.127 e. The lowest BCUT2D eigenvalue weighted by molar-refractivity contribution is 0.200. The third-order valence-electron chi connectivity index (χ3n) is 4.30. The highest BCUT2D eigenvalue weighted by Gasteiger charge is 2.18. The Hall–Kier alpha value is -1.06. The second kappa shape index (κ2) is 9.06. The molecular formula is C18H29NO2. The maximum Gasteiger partial charge on any atom is 0.127 e. The molecule has 1 heterocycles. The highest BCUT2D eigenvalue weighted by atomic mass is 16.5. The van der Waals surface area contributed by atoms with E-state index in [2.05, 4.69) is 30.4 Å². The van der Waals surface area contributed by atoms with Gasteiger partial charge in [-0.25, -0.2) is 0 Å². The van der Waals surface area contributed by atoms with Gasteiger partial charge in [0.15, 0.2) is 0 Å². The average molecular weight is 291 g/mol. The molecule has 3 nitrogen and oxygen atoms in total. The van der Waals surface area contributed by atoms with Crippen LogP contribution in [-0.4, -0.2) is 26.8 Å². The molecule has 0 aromatic carbocycles. The molecule has 0 amide bonds. The van der Waals surface area contributed by atoms with Gasteiger partial charge in [0.2, 0.25) is 0 Å². The molecular weight excluding hydrogens is 262 g/mol. The van der Waals surface area contributed by atoms with Crippen molar-refractivity contribution in [2.24, 2.45) is 5.92 Å². The van der Waals surface area contributed by atoms with Gasteiger partial charge >= 0.3 is 0 Å². The maximum atomic E-state index is 5.85. The molecule has 0 aliphatic heterocycles. The van der Waals surface area contributed by atoms with E-state index in [9.17, 15) is 0 Å². The summed E-state index contributed by atoms with van der Waals surface area (Å²) in [6.45, 7) is 4.73. The molecule has 0 unspecified atom stereocenters. The van der Waals surface area contributed by atoms with Gasteiger partial charge in [0, 0.05) is 26.6 Å². The second-order valence-corrected chi connectivity index (χ2v) is 5.88. The van der Waals surface area contributed by atoms with Gasteiger partial charge in [0.05, 0.1) is 6.61 Å². The van der Waals surface area contributed by atoms with Crippen molar-refractivity contribution in [1.82, 2.24) is 5.32 Å². The Morgan fingerprint density at radius 2 is 2.14 bits per heavy atom. The van der Waals surface area contributed by atoms with Crippen LogP contribution in [0.5, 0.6) is 0 Å². The SMILES string of the molecule is CCc1ccc(/C=C(/CNCCOC)C2CCCCC2)o1. The lowest BCUT2D eigenvalue weighted by Gasteiger charge is -2.24. The van der Waals surface area contributed by atoms with Crippen LogP contribution in [0.1, 0.15) is 50.5 Å². The summed E-state index contributed by atoms with van der Waals surface area (Å²) < 4.78 is 11.0. The fraction of sp³-hybridized carbons (Fsp3) is 0.667. The predicted molar refractivity (Wildman–Crippen MR) is 87.4 cm³/mol. The van der Waals surface area contributed by atoms with Crippen LogP contribution in [0, 0.1) is 5.92 Å². The van der Waals surface area contributed by atoms with Crippen molar-refractivity contribution in [1.29, 1.82) is 0 Å². The van der Waals surface area contributed by atoms with E-state index in [1.165, 1.54) is 37.7 Å². The highest BCUT2D eigenvalue weighted by molar-refractivity contribution is 5.49. The first-order valence-electron chi connectivity index (χ1n) is 8.32. The van der Waals surface area contributed by atoms with E-state index in [0.717, 1.165) is 37.6 Å². The van der Waals surface area contributed by atoms with Gasteiger partial charge < -0.3 is 14.5 Å². The van der Waals surface area contributed by atoms with Gasteiger partial charge in [0.1, 0.15) is 11.5 Å². The number of methoxy groups -OCH3 is 1. The van der Waals surface area contributed by atoms with Crippen molar-refractivity contribution in [3.8, 4) is 0 Å². The lowest BCUT2D eigenvalue weighted by Crippen LogP contribution is -2.25. The Bertz CT molecular complexity index is 430. The van der Waals surface area contributed by atoms with E-state index < -0.39 is 0 Å². The summed E-state index contributed by atoms with van der Waals surface area (Å²) in [6.07, 6.45) is 9.96. The number of hydrogen-bond acceptors (Lipinski definition) is 3. The number of aryl methyl sites for hydroxylation is 1. The third kappa shape index (κ3) is 5.33. The Kier molecular flexibility index (Phi) is 7.04. The van der Waals surface area contributed by atoms with Crippen LogP contribution >= 0.6 is 0 Å². The topological polar surface area (TPSA) is 34.4 Å². The van der Waals surface area contributed by atoms with Crippen molar-refractivity contribution in [3.05, 3.63) is 29.2 Å². The van der Waals surface area contributed by atoms with Crippen molar-refractivity contribution in [3.63, 3.8) is 0 Å². The monoisotopic (exact) mass is 291 g/mol. The molecule has 21 heavy (non-hydrogen) atoms. The van der Waals surface area contributed by atoms with Crippen LogP contribution in [0.2, 0.25) is 0 Å². The van der Waals surface area contributed by atoms with Crippen LogP contribution in [0.3, 0.4) is 0 Å². The molecule has 0 spiro atoms. The second-order valence-electron chi connectivity index (χ2n) is 5.88. The summed E-state index contributed by atoms with van der Waals surface area (Å²) in [6, 6.07) is 4.18. The van der Waals surface area contributed by atoms with E-state index in [1.807, 2.05) is 0 Å². The number of ether oxygens (including phenoxy) is 1. The largest absolute Gasteiger partial charge is 0.462 e. The van der Waals surface area contributed by atoms with Crippen LogP contribution in [0.4, 0.5) is 0 Å². The zero-order valence-corrected chi connectivity index (χ0v) is 13.5. The van der Waals surface area contributed by atoms with E-state index in [4.69, 9.17) is 9.15 Å². The Morgan fingerprint density at radius 1 is 1.33 bits per heavy atom. The molecule has 2 rings (SSSR count). The Balaban J connectivity index is 2.02. The van der Waals surface area contributed by atoms with Crippen molar-refractivity contribution in [2.75, 3.05) is 26.8 Å². The fourth-order valence-electron chi connectivity index (χ4n) is 3.04. The van der Waals surface area contributed by atoms with Gasteiger partial charge in [-0.3, -0.25) is 0 Å². The number of hydrogen-bond donors (Lipinski definition) is 1. The lowest BCUT2D eigenvalue weighted by atomic mass is 9.83. The average Bonchev–Trinajstić information content (AvgIpc) is 2.99. The van der Waals surface area contributed by atoms with E-state index in [-0.39, 0.29) is 0 Å². The van der Waals surface area contributed by atoms with Gasteiger partial charge in [-0.1, -0.05) is 26.2 Å². The molecule has 1 N–H and O–H groups in total. The van der Waals surface area contributed by atoms with Gasteiger partial charge in [0.25, 0.3) is 0 Å². The number of nitrogens with one attached hydrogen (secondary N) is 1. The van der Waals surface area contributed by atoms with Crippen LogP contribution in [0.25, 0.3) is 6.08 Å². The van der Waals surface area contributed by atoms with Gasteiger partial charge in [-0.15, -0.1) is 0 Å². The highest BCUT2D eigenvalue weighted by Crippen LogP contribution is 2.30. The van der Waals surface area contributed by atoms with E-state index in [0.29, 0.717) is 5.92 Å². The summed E-state index contributed by atoms with van der Waals surface area (Å²) in [5.74, 6) is 2.78. The first-order valence-corrected chi connectivity index (χ1v) is 8.32. The molecule has 0 saturated heterocycles. The molecule has 3 heteroatoms. The van der Waals surface area contributed by atoms with Gasteiger partial charge in [-0.2, -0.15) is 0 Å². The Labute approximate surface area is 128 Å². The first kappa shape index (κ1) is 16.3. The molecule has 0 radical (unpaired) electrons. The summed E-state index contributed by atoms with van der Waals surface area (Å²) in [7, 11) is 1.74. The van der Waals surface area contributed by atoms with Crippen LogP contribution in [0.15, 0.2) is 22.1 Å². The van der Waals surface area contributed by atoms with E-state index >= 15 is 0 Å². The summed E-state index contributed by atoms with van der Waals surface area (Å²) >= 11 is 0. The van der Waals surface area contributed by atoms with Crippen LogP contribution in [-0.2, 0) is 11.2 Å². The van der Waals surface area contributed by atoms with E-state index in [1.54, 1.807) is 7.11 Å². The minimum Gasteiger partial charge on any atom is -0.462 e. The molecule has 118 valence electrons. The molecule has 0 bridgehead atoms. The van der Waals surface area contributed by atoms with Crippen molar-refractivity contribution < 1.29 is 9.15 Å². The first-order chi connectivity index (χ1) is 10.3. The molecule has 0 atom stereocenters. The molecule has 1 fully saturated rings. The van der Waals surface area contributed by atoms with Crippen molar-refractivity contribution >= 4 is 6.08 Å². The molecule has 1 aromatic rings. The molecule has 1 saturated carbocycles. The normalized spacial score (nSPS) is 17.3. The van der Waals surface area contributed by atoms with Crippen molar-refractivity contribution in [2.45, 2.75) is 45.4 Å². The number of furan rings is 1. The summed E-state index contributed by atoms with van der Waals surface area (Å²) in [5.41, 5.74) is 1.49. The Morgan fingerprint density at radius 3 is 2.81 bits per heavy atom. The summed E-state index contributed by atoms with van der Waals surface area (Å²) in [5, 5.41) is 3.49. The fourth-order valence-corrected chi connectivity index (χ4v) is 3.04. The molecule has 1 aromatic heterocycles. The quantitative estimate of drug-likeness (QED) is 0.734. The summed E-state index contributed by atoms with van der Waals surface area (Å²) in [4.78, 5) is 0. The predicted octanol–water partition coefficient (Wildman–Crippen LogP) is 4.04. The maximum absolute atomic E-state index is 5.85. The standard InChI is InChI=1S/C18H29NO2/c1-3-17-9-10-18(21-17)13-16(14-19-11-12-20-2)15-7-5-4-6-8-15/h9-10,13,15,19H,3-8,11-12,14H2,1-2H3/b16-13-. The zero-order chi connectivity index (χ0) is 14.9. The van der Waals surface area contributed by atoms with Crippen LogP contribution < -0.4 is 5.32 Å². The minimum absolute atomic E-state index is 0.712. The number of rotatable bonds is 8. The van der Waals surface area contributed by atoms with Gasteiger partial charge in [-0.05, 0) is 42.5 Å². The minimum atomic E-state index is 0.712. The molecule has 1 aliphatic rings. The zero-order valence-electron chi connectivity index (χ0n) is 13.5.